The van der Waals surface area contributed by atoms with E-state index in [1.807, 2.05) is 0 Å². The molecule has 1 saturated carbocycles. The lowest BCUT2D eigenvalue weighted by molar-refractivity contribution is -0.376. The van der Waals surface area contributed by atoms with Gasteiger partial charge in [-0.1, -0.05) is 36.4 Å². The molecule has 1 aliphatic carbocycles. The quantitative estimate of drug-likeness (QED) is 0.538. The van der Waals surface area contributed by atoms with E-state index in [2.05, 4.69) is 10.6 Å². The highest BCUT2D eigenvalue weighted by Gasteiger charge is 2.71. The molecule has 34 heavy (non-hydrogen) atoms. The van der Waals surface area contributed by atoms with Crippen molar-refractivity contribution in [3.63, 3.8) is 0 Å². The lowest BCUT2D eigenvalue weighted by Gasteiger charge is -2.33. The van der Waals surface area contributed by atoms with Crippen LogP contribution in [0, 0.1) is 0 Å². The SMILES string of the molecule is O=C(Nc1ccc(C(O)(C(F)(F)F)C(F)(F)F)cc1)C1(S(=O)(=O)C2CC2)NCc2ccccc21. The van der Waals surface area contributed by atoms with Gasteiger partial charge < -0.3 is 10.4 Å². The summed E-state index contributed by atoms with van der Waals surface area (Å²) in [6.45, 7) is 0.0681. The molecule has 0 saturated heterocycles. The zero-order chi connectivity index (χ0) is 25.2. The summed E-state index contributed by atoms with van der Waals surface area (Å²) in [6.07, 6.45) is -11.4. The van der Waals surface area contributed by atoms with E-state index < -0.39 is 49.4 Å². The molecular weight excluding hydrogens is 490 g/mol. The third-order valence-electron chi connectivity index (χ3n) is 6.02. The van der Waals surface area contributed by atoms with Crippen LogP contribution in [-0.2, 0) is 31.6 Å². The topological polar surface area (TPSA) is 95.5 Å². The number of benzene rings is 2. The number of fused-ring (bicyclic) bond motifs is 1. The highest BCUT2D eigenvalue weighted by atomic mass is 32.2. The van der Waals surface area contributed by atoms with Gasteiger partial charge in [0.25, 0.3) is 11.5 Å². The second-order valence-corrected chi connectivity index (χ2v) is 10.5. The summed E-state index contributed by atoms with van der Waals surface area (Å²) >= 11 is 0. The number of alkyl halides is 6. The van der Waals surface area contributed by atoms with E-state index in [1.165, 1.54) is 6.07 Å². The first-order valence-electron chi connectivity index (χ1n) is 10.0. The molecular formula is C21H18F6N2O4S. The van der Waals surface area contributed by atoms with Crippen molar-refractivity contribution in [2.75, 3.05) is 5.32 Å². The van der Waals surface area contributed by atoms with Gasteiger partial charge in [-0.3, -0.25) is 10.1 Å². The molecule has 2 aromatic carbocycles. The second kappa shape index (κ2) is 7.68. The lowest BCUT2D eigenvalue weighted by Crippen LogP contribution is -2.55. The van der Waals surface area contributed by atoms with Crippen molar-refractivity contribution in [1.82, 2.24) is 5.32 Å². The number of aliphatic hydroxyl groups is 1. The molecule has 0 spiro atoms. The fraction of sp³-hybridized carbons (Fsp3) is 0.381. The van der Waals surface area contributed by atoms with E-state index in [0.717, 1.165) is 12.1 Å². The van der Waals surface area contributed by atoms with Gasteiger partial charge in [0.1, 0.15) is 0 Å². The molecule has 184 valence electrons. The molecule has 1 aliphatic heterocycles. The molecule has 2 aromatic rings. The monoisotopic (exact) mass is 508 g/mol. The fourth-order valence-corrected chi connectivity index (χ4v) is 6.39. The van der Waals surface area contributed by atoms with Gasteiger partial charge in [0.2, 0.25) is 4.87 Å². The molecule has 2 aliphatic rings. The van der Waals surface area contributed by atoms with Crippen LogP contribution in [0.5, 0.6) is 0 Å². The van der Waals surface area contributed by atoms with Crippen molar-refractivity contribution in [2.24, 2.45) is 0 Å². The maximum Gasteiger partial charge on any atom is 0.430 e. The molecule has 1 amide bonds. The van der Waals surface area contributed by atoms with Gasteiger partial charge >= 0.3 is 12.4 Å². The molecule has 1 fully saturated rings. The first-order chi connectivity index (χ1) is 15.7. The third kappa shape index (κ3) is 3.48. The van der Waals surface area contributed by atoms with E-state index in [0.29, 0.717) is 30.5 Å². The van der Waals surface area contributed by atoms with Crippen LogP contribution in [0.4, 0.5) is 32.0 Å². The molecule has 0 aromatic heterocycles. The maximum absolute atomic E-state index is 13.3. The number of hydrogen-bond acceptors (Lipinski definition) is 5. The van der Waals surface area contributed by atoms with E-state index in [9.17, 15) is 44.7 Å². The largest absolute Gasteiger partial charge is 0.430 e. The summed E-state index contributed by atoms with van der Waals surface area (Å²) in [5.41, 5.74) is -6.10. The first kappa shape index (κ1) is 24.5. The van der Waals surface area contributed by atoms with Crippen LogP contribution in [0.2, 0.25) is 0 Å². The number of amides is 1. The fourth-order valence-electron chi connectivity index (χ4n) is 4.05. The minimum Gasteiger partial charge on any atom is -0.369 e. The van der Waals surface area contributed by atoms with Crippen molar-refractivity contribution < 1.29 is 44.7 Å². The van der Waals surface area contributed by atoms with E-state index in [-0.39, 0.29) is 17.8 Å². The average Bonchev–Trinajstić information content (AvgIpc) is 3.53. The second-order valence-electron chi connectivity index (χ2n) is 8.17. The van der Waals surface area contributed by atoms with E-state index in [1.54, 1.807) is 18.2 Å². The Kier molecular flexibility index (Phi) is 5.53. The number of nitrogens with one attached hydrogen (secondary N) is 2. The summed E-state index contributed by atoms with van der Waals surface area (Å²) in [5, 5.41) is 13.8. The van der Waals surface area contributed by atoms with Crippen LogP contribution in [0.3, 0.4) is 0 Å². The summed E-state index contributed by atoms with van der Waals surface area (Å²) in [4.78, 5) is 11.2. The first-order valence-corrected chi connectivity index (χ1v) is 11.6. The van der Waals surface area contributed by atoms with Crippen LogP contribution >= 0.6 is 0 Å². The van der Waals surface area contributed by atoms with Crippen molar-refractivity contribution in [2.45, 2.75) is 47.5 Å². The number of sulfone groups is 1. The third-order valence-corrected chi connectivity index (χ3v) is 8.77. The van der Waals surface area contributed by atoms with Gasteiger partial charge in [0, 0.05) is 23.4 Å². The zero-order valence-electron chi connectivity index (χ0n) is 17.2. The molecule has 6 nitrogen and oxygen atoms in total. The smallest absolute Gasteiger partial charge is 0.369 e. The minimum atomic E-state index is -6.06. The Bertz CT molecular complexity index is 1210. The predicted molar refractivity (Wildman–Crippen MR) is 108 cm³/mol. The number of carbonyl (C=O) groups excluding carboxylic acids is 1. The van der Waals surface area contributed by atoms with Crippen molar-refractivity contribution in [1.29, 1.82) is 0 Å². The summed E-state index contributed by atoms with van der Waals surface area (Å²) in [5.74, 6) is -1.04. The average molecular weight is 508 g/mol. The van der Waals surface area contributed by atoms with Crippen LogP contribution in [-0.4, -0.2) is 37.0 Å². The molecule has 1 heterocycles. The number of halogens is 6. The normalized spacial score (nSPS) is 21.3. The molecule has 1 atom stereocenters. The van der Waals surface area contributed by atoms with Crippen molar-refractivity contribution in [3.8, 4) is 0 Å². The summed E-state index contributed by atoms with van der Waals surface area (Å²) in [6, 6.07) is 8.54. The molecule has 3 N–H and O–H groups in total. The number of rotatable bonds is 5. The van der Waals surface area contributed by atoms with Gasteiger partial charge in [0.05, 0.1) is 5.25 Å². The Morgan fingerprint density at radius 3 is 2.06 bits per heavy atom. The van der Waals surface area contributed by atoms with E-state index >= 15 is 0 Å². The number of anilines is 1. The Morgan fingerprint density at radius 1 is 0.971 bits per heavy atom. The molecule has 0 radical (unpaired) electrons. The summed E-state index contributed by atoms with van der Waals surface area (Å²) in [7, 11) is -4.09. The number of carbonyl (C=O) groups is 1. The Labute approximate surface area is 189 Å². The lowest BCUT2D eigenvalue weighted by atomic mass is 9.92. The van der Waals surface area contributed by atoms with Crippen LogP contribution in [0.1, 0.15) is 29.5 Å². The van der Waals surface area contributed by atoms with Crippen molar-refractivity contribution >= 4 is 21.4 Å². The van der Waals surface area contributed by atoms with Gasteiger partial charge in [0.15, 0.2) is 9.84 Å². The van der Waals surface area contributed by atoms with Crippen molar-refractivity contribution in [3.05, 3.63) is 65.2 Å². The minimum absolute atomic E-state index is 0.0681. The Balaban J connectivity index is 1.70. The molecule has 13 heteroatoms. The van der Waals surface area contributed by atoms with Crippen LogP contribution < -0.4 is 10.6 Å². The number of hydrogen-bond donors (Lipinski definition) is 3. The van der Waals surface area contributed by atoms with Crippen LogP contribution in [0.25, 0.3) is 0 Å². The molecule has 1 unspecified atom stereocenters. The zero-order valence-corrected chi connectivity index (χ0v) is 18.0. The highest BCUT2D eigenvalue weighted by molar-refractivity contribution is 7.94. The Hall–Kier alpha value is -2.64. The van der Waals surface area contributed by atoms with Gasteiger partial charge in [-0.15, -0.1) is 0 Å². The standard InChI is InChI=1S/C21H18F6N2O4S/c22-20(23,24)19(31,21(25,26)27)13-5-7-14(8-6-13)29-17(30)18(34(32,33)15-9-10-15)16-4-2-1-3-12(16)11-28-18/h1-8,15,28,31H,9-11H2,(H,29,30). The Morgan fingerprint density at radius 2 is 1.53 bits per heavy atom. The highest BCUT2D eigenvalue weighted by Crippen LogP contribution is 2.50. The summed E-state index contributed by atoms with van der Waals surface area (Å²) < 4.78 is 105. The van der Waals surface area contributed by atoms with Crippen LogP contribution in [0.15, 0.2) is 48.5 Å². The maximum atomic E-state index is 13.3. The van der Waals surface area contributed by atoms with E-state index in [4.69, 9.17) is 0 Å². The van der Waals surface area contributed by atoms with Gasteiger partial charge in [-0.2, -0.15) is 26.3 Å². The molecule has 0 bridgehead atoms. The predicted octanol–water partition coefficient (Wildman–Crippen LogP) is 3.47. The van der Waals surface area contributed by atoms with Gasteiger partial charge in [-0.05, 0) is 30.5 Å². The molecule has 4 rings (SSSR count). The van der Waals surface area contributed by atoms with Gasteiger partial charge in [-0.25, -0.2) is 8.42 Å².